The van der Waals surface area contributed by atoms with Crippen LogP contribution in [-0.2, 0) is 9.53 Å². The molecule has 21 heavy (non-hydrogen) atoms. The number of rotatable bonds is 5. The Bertz CT molecular complexity index is 329. The van der Waals surface area contributed by atoms with Crippen molar-refractivity contribution in [2.24, 2.45) is 16.8 Å². The average Bonchev–Trinajstić information content (AvgIpc) is 2.45. The normalized spacial score (nSPS) is 22.2. The number of methoxy groups -OCH3 is 1. The van der Waals surface area contributed by atoms with Crippen LogP contribution in [0.5, 0.6) is 0 Å². The van der Waals surface area contributed by atoms with Crippen LogP contribution in [0.4, 0.5) is 0 Å². The zero-order chi connectivity index (χ0) is 15.0. The summed E-state index contributed by atoms with van der Waals surface area (Å²) in [5, 5.41) is 3.21. The molecule has 0 heterocycles. The Morgan fingerprint density at radius 1 is 1.33 bits per heavy atom. The van der Waals surface area contributed by atoms with Crippen molar-refractivity contribution in [3.8, 4) is 0 Å². The maximum absolute atomic E-state index is 11.1. The summed E-state index contributed by atoms with van der Waals surface area (Å²) in [4.78, 5) is 17.5. The van der Waals surface area contributed by atoms with E-state index in [4.69, 9.17) is 0 Å². The Labute approximate surface area is 145 Å². The van der Waals surface area contributed by atoms with E-state index in [9.17, 15) is 4.79 Å². The fourth-order valence-electron chi connectivity index (χ4n) is 2.75. The van der Waals surface area contributed by atoms with Gasteiger partial charge in [-0.25, -0.2) is 0 Å². The van der Waals surface area contributed by atoms with Gasteiger partial charge in [0.2, 0.25) is 0 Å². The SMILES string of the molecule is CN=C(NCCC(=O)OC)N(C)CC1CCC(C)CC1.I. The fourth-order valence-corrected chi connectivity index (χ4v) is 2.75. The third-order valence-corrected chi connectivity index (χ3v) is 4.08. The van der Waals surface area contributed by atoms with Crippen LogP contribution in [0.1, 0.15) is 39.0 Å². The molecule has 1 aliphatic carbocycles. The molecule has 0 aromatic heterocycles. The van der Waals surface area contributed by atoms with Crippen molar-refractivity contribution in [3.63, 3.8) is 0 Å². The number of carbonyl (C=O) groups excluding carboxylic acids is 1. The van der Waals surface area contributed by atoms with Gasteiger partial charge in [0.15, 0.2) is 5.96 Å². The summed E-state index contributed by atoms with van der Waals surface area (Å²) in [6, 6.07) is 0. The van der Waals surface area contributed by atoms with Gasteiger partial charge in [-0.1, -0.05) is 19.8 Å². The van der Waals surface area contributed by atoms with Gasteiger partial charge in [0.05, 0.1) is 13.5 Å². The molecule has 0 aliphatic heterocycles. The molecular weight excluding hydrogens is 381 g/mol. The minimum absolute atomic E-state index is 0. The van der Waals surface area contributed by atoms with Gasteiger partial charge in [0, 0.05) is 27.2 Å². The molecule has 1 saturated carbocycles. The summed E-state index contributed by atoms with van der Waals surface area (Å²) >= 11 is 0. The van der Waals surface area contributed by atoms with Crippen LogP contribution in [0.3, 0.4) is 0 Å². The Hall–Kier alpha value is -0.530. The summed E-state index contributed by atoms with van der Waals surface area (Å²) in [5.74, 6) is 2.30. The highest BCUT2D eigenvalue weighted by molar-refractivity contribution is 14.0. The van der Waals surface area contributed by atoms with Crippen LogP contribution < -0.4 is 5.32 Å². The lowest BCUT2D eigenvalue weighted by Crippen LogP contribution is -2.42. The number of esters is 1. The molecule has 124 valence electrons. The highest BCUT2D eigenvalue weighted by atomic mass is 127. The summed E-state index contributed by atoms with van der Waals surface area (Å²) in [5.41, 5.74) is 0. The van der Waals surface area contributed by atoms with E-state index >= 15 is 0 Å². The summed E-state index contributed by atoms with van der Waals surface area (Å²) in [6.07, 6.45) is 5.67. The molecule has 5 nitrogen and oxygen atoms in total. The third kappa shape index (κ3) is 7.87. The smallest absolute Gasteiger partial charge is 0.307 e. The van der Waals surface area contributed by atoms with E-state index in [2.05, 4.69) is 33.9 Å². The molecule has 1 aliphatic rings. The monoisotopic (exact) mass is 411 g/mol. The number of guanidine groups is 1. The molecule has 0 radical (unpaired) electrons. The second-order valence-electron chi connectivity index (χ2n) is 5.81. The van der Waals surface area contributed by atoms with E-state index < -0.39 is 0 Å². The molecule has 0 spiro atoms. The van der Waals surface area contributed by atoms with E-state index in [1.807, 2.05) is 0 Å². The molecule has 0 amide bonds. The molecule has 0 aromatic rings. The summed E-state index contributed by atoms with van der Waals surface area (Å²) in [6.45, 7) is 3.93. The highest BCUT2D eigenvalue weighted by Gasteiger charge is 2.20. The maximum atomic E-state index is 11.1. The number of aliphatic imine (C=N–C) groups is 1. The maximum Gasteiger partial charge on any atom is 0.307 e. The predicted octanol–water partition coefficient (Wildman–Crippen LogP) is 2.50. The van der Waals surface area contributed by atoms with Gasteiger partial charge in [0.25, 0.3) is 0 Å². The van der Waals surface area contributed by atoms with Gasteiger partial charge in [0.1, 0.15) is 0 Å². The zero-order valence-electron chi connectivity index (χ0n) is 13.7. The second kappa shape index (κ2) is 11.1. The molecule has 0 aromatic carbocycles. The minimum atomic E-state index is -0.197. The zero-order valence-corrected chi connectivity index (χ0v) is 16.1. The van der Waals surface area contributed by atoms with Crippen LogP contribution in [0.25, 0.3) is 0 Å². The first kappa shape index (κ1) is 20.5. The van der Waals surface area contributed by atoms with Crippen molar-refractivity contribution in [3.05, 3.63) is 0 Å². The topological polar surface area (TPSA) is 53.9 Å². The number of hydrogen-bond acceptors (Lipinski definition) is 3. The van der Waals surface area contributed by atoms with Crippen molar-refractivity contribution in [2.75, 3.05) is 34.3 Å². The Kier molecular flexibility index (Phi) is 10.8. The minimum Gasteiger partial charge on any atom is -0.469 e. The number of nitrogens with one attached hydrogen (secondary N) is 1. The van der Waals surface area contributed by atoms with E-state index in [1.54, 1.807) is 7.05 Å². The molecule has 6 heteroatoms. The third-order valence-electron chi connectivity index (χ3n) is 4.08. The molecule has 1 rings (SSSR count). The quantitative estimate of drug-likeness (QED) is 0.327. The van der Waals surface area contributed by atoms with Crippen molar-refractivity contribution >= 4 is 35.9 Å². The van der Waals surface area contributed by atoms with Crippen molar-refractivity contribution in [2.45, 2.75) is 39.0 Å². The largest absolute Gasteiger partial charge is 0.469 e. The molecule has 1 fully saturated rings. The predicted molar refractivity (Wildman–Crippen MR) is 97.2 cm³/mol. The molecule has 0 bridgehead atoms. The van der Waals surface area contributed by atoms with E-state index in [1.165, 1.54) is 32.8 Å². The van der Waals surface area contributed by atoms with Gasteiger partial charge in [-0.15, -0.1) is 24.0 Å². The van der Waals surface area contributed by atoms with Gasteiger partial charge < -0.3 is 15.0 Å². The van der Waals surface area contributed by atoms with E-state index in [0.29, 0.717) is 13.0 Å². The van der Waals surface area contributed by atoms with E-state index in [-0.39, 0.29) is 29.9 Å². The molecule has 0 atom stereocenters. The first-order valence-corrected chi connectivity index (χ1v) is 7.55. The van der Waals surface area contributed by atoms with Crippen LogP contribution in [-0.4, -0.2) is 51.1 Å². The Morgan fingerprint density at radius 3 is 2.48 bits per heavy atom. The molecule has 0 unspecified atom stereocenters. The second-order valence-corrected chi connectivity index (χ2v) is 5.81. The lowest BCUT2D eigenvalue weighted by molar-refractivity contribution is -0.140. The van der Waals surface area contributed by atoms with Crippen molar-refractivity contribution in [1.29, 1.82) is 0 Å². The molecule has 1 N–H and O–H groups in total. The number of ether oxygens (including phenoxy) is 1. The van der Waals surface area contributed by atoms with Gasteiger partial charge in [-0.3, -0.25) is 9.79 Å². The summed E-state index contributed by atoms with van der Waals surface area (Å²) in [7, 11) is 5.25. The Balaban J connectivity index is 0.00000400. The van der Waals surface area contributed by atoms with Gasteiger partial charge in [-0.05, 0) is 24.7 Å². The lowest BCUT2D eigenvalue weighted by atomic mass is 9.83. The Morgan fingerprint density at radius 2 is 1.95 bits per heavy atom. The van der Waals surface area contributed by atoms with Gasteiger partial charge in [-0.2, -0.15) is 0 Å². The highest BCUT2D eigenvalue weighted by Crippen LogP contribution is 2.28. The fraction of sp³-hybridized carbons (Fsp3) is 0.867. The number of hydrogen-bond donors (Lipinski definition) is 1. The summed E-state index contributed by atoms with van der Waals surface area (Å²) < 4.78 is 4.63. The van der Waals surface area contributed by atoms with Crippen molar-refractivity contribution < 1.29 is 9.53 Å². The van der Waals surface area contributed by atoms with Crippen molar-refractivity contribution in [1.82, 2.24) is 10.2 Å². The number of halogens is 1. The number of nitrogens with zero attached hydrogens (tertiary/aromatic N) is 2. The van der Waals surface area contributed by atoms with Gasteiger partial charge >= 0.3 is 5.97 Å². The average molecular weight is 411 g/mol. The first-order valence-electron chi connectivity index (χ1n) is 7.55. The number of carbonyl (C=O) groups is 1. The van der Waals surface area contributed by atoms with Crippen LogP contribution in [0.2, 0.25) is 0 Å². The molecule has 0 saturated heterocycles. The van der Waals surface area contributed by atoms with Crippen LogP contribution >= 0.6 is 24.0 Å². The molecular formula is C15H30IN3O2. The first-order chi connectivity index (χ1) is 9.56. The lowest BCUT2D eigenvalue weighted by Gasteiger charge is -2.31. The van der Waals surface area contributed by atoms with Crippen LogP contribution in [0, 0.1) is 11.8 Å². The van der Waals surface area contributed by atoms with Crippen LogP contribution in [0.15, 0.2) is 4.99 Å². The van der Waals surface area contributed by atoms with E-state index in [0.717, 1.165) is 24.3 Å². The standard InChI is InChI=1S/C15H29N3O2.HI/c1-12-5-7-13(8-6-12)11-18(3)15(16-2)17-10-9-14(19)20-4;/h12-13H,5-11H2,1-4H3,(H,16,17);1H.